The zero-order valence-corrected chi connectivity index (χ0v) is 12.0. The summed E-state index contributed by atoms with van der Waals surface area (Å²) in [7, 11) is 0. The van der Waals surface area contributed by atoms with E-state index in [1.54, 1.807) is 11.3 Å². The first-order valence-corrected chi connectivity index (χ1v) is 7.27. The van der Waals surface area contributed by atoms with E-state index in [-0.39, 0.29) is 0 Å². The SMILES string of the molecule is CCCC[C@H](NC(=O)NCc1cscc1C)C(=O)O. The van der Waals surface area contributed by atoms with Crippen LogP contribution >= 0.6 is 11.3 Å². The van der Waals surface area contributed by atoms with E-state index in [1.165, 1.54) is 0 Å². The molecule has 0 saturated carbocycles. The van der Waals surface area contributed by atoms with E-state index in [0.717, 1.165) is 24.0 Å². The molecule has 2 amide bonds. The van der Waals surface area contributed by atoms with Gasteiger partial charge in [0.25, 0.3) is 0 Å². The van der Waals surface area contributed by atoms with E-state index in [9.17, 15) is 9.59 Å². The van der Waals surface area contributed by atoms with Crippen molar-refractivity contribution < 1.29 is 14.7 Å². The molecule has 0 aliphatic rings. The molecule has 6 heteroatoms. The van der Waals surface area contributed by atoms with Gasteiger partial charge in [0, 0.05) is 6.54 Å². The van der Waals surface area contributed by atoms with Crippen LogP contribution in [0.15, 0.2) is 10.8 Å². The van der Waals surface area contributed by atoms with Crippen molar-refractivity contribution in [2.75, 3.05) is 0 Å². The van der Waals surface area contributed by atoms with E-state index in [1.807, 2.05) is 24.6 Å². The van der Waals surface area contributed by atoms with E-state index in [0.29, 0.717) is 13.0 Å². The number of amides is 2. The van der Waals surface area contributed by atoms with Crippen LogP contribution in [0.1, 0.15) is 37.3 Å². The number of nitrogens with one attached hydrogen (secondary N) is 2. The quantitative estimate of drug-likeness (QED) is 0.720. The summed E-state index contributed by atoms with van der Waals surface area (Å²) < 4.78 is 0. The Morgan fingerprint density at radius 3 is 2.68 bits per heavy atom. The first-order valence-electron chi connectivity index (χ1n) is 6.33. The molecule has 19 heavy (non-hydrogen) atoms. The van der Waals surface area contributed by atoms with Crippen molar-refractivity contribution in [1.82, 2.24) is 10.6 Å². The highest BCUT2D eigenvalue weighted by Crippen LogP contribution is 2.12. The maximum Gasteiger partial charge on any atom is 0.326 e. The molecule has 1 atom stereocenters. The minimum absolute atomic E-state index is 0.418. The Hall–Kier alpha value is -1.56. The molecule has 0 bridgehead atoms. The summed E-state index contributed by atoms with van der Waals surface area (Å²) >= 11 is 1.58. The smallest absolute Gasteiger partial charge is 0.326 e. The number of urea groups is 1. The number of unbranched alkanes of at least 4 members (excludes halogenated alkanes) is 1. The number of aliphatic carboxylic acids is 1. The summed E-state index contributed by atoms with van der Waals surface area (Å²) in [5, 5.41) is 18.2. The third kappa shape index (κ3) is 5.30. The average molecular weight is 284 g/mol. The fraction of sp³-hybridized carbons (Fsp3) is 0.538. The molecule has 0 saturated heterocycles. The van der Waals surface area contributed by atoms with Crippen LogP contribution in [0.3, 0.4) is 0 Å². The highest BCUT2D eigenvalue weighted by molar-refractivity contribution is 7.08. The number of hydrogen-bond acceptors (Lipinski definition) is 3. The minimum Gasteiger partial charge on any atom is -0.480 e. The number of rotatable bonds is 7. The van der Waals surface area contributed by atoms with Crippen LogP contribution in [0.5, 0.6) is 0 Å². The number of thiophene rings is 1. The van der Waals surface area contributed by atoms with Gasteiger partial charge < -0.3 is 15.7 Å². The molecule has 3 N–H and O–H groups in total. The zero-order valence-electron chi connectivity index (χ0n) is 11.2. The maximum absolute atomic E-state index is 11.6. The Labute approximate surface area is 117 Å². The lowest BCUT2D eigenvalue weighted by molar-refractivity contribution is -0.139. The zero-order chi connectivity index (χ0) is 14.3. The Morgan fingerprint density at radius 1 is 1.42 bits per heavy atom. The average Bonchev–Trinajstić information content (AvgIpc) is 2.77. The van der Waals surface area contributed by atoms with Gasteiger partial charge in [0.05, 0.1) is 0 Å². The van der Waals surface area contributed by atoms with Gasteiger partial charge in [-0.3, -0.25) is 0 Å². The van der Waals surface area contributed by atoms with Crippen molar-refractivity contribution in [2.45, 2.75) is 45.7 Å². The van der Waals surface area contributed by atoms with Gasteiger partial charge in [-0.2, -0.15) is 11.3 Å². The van der Waals surface area contributed by atoms with Crippen molar-refractivity contribution >= 4 is 23.3 Å². The molecule has 0 aliphatic carbocycles. The molecule has 1 aromatic rings. The Morgan fingerprint density at radius 2 is 2.16 bits per heavy atom. The normalized spacial score (nSPS) is 11.9. The summed E-state index contributed by atoms with van der Waals surface area (Å²) in [6.07, 6.45) is 2.14. The number of carbonyl (C=O) groups is 2. The molecule has 0 radical (unpaired) electrons. The first-order chi connectivity index (χ1) is 9.04. The number of hydrogen-bond donors (Lipinski definition) is 3. The summed E-state index contributed by atoms with van der Waals surface area (Å²) in [5.74, 6) is -0.990. The van der Waals surface area contributed by atoms with Gasteiger partial charge in [0.1, 0.15) is 6.04 Å². The molecule has 5 nitrogen and oxygen atoms in total. The summed E-state index contributed by atoms with van der Waals surface area (Å²) in [6, 6.07) is -1.25. The number of aryl methyl sites for hydroxylation is 1. The third-order valence-electron chi connectivity index (χ3n) is 2.85. The molecule has 1 heterocycles. The van der Waals surface area contributed by atoms with Gasteiger partial charge in [-0.15, -0.1) is 0 Å². The van der Waals surface area contributed by atoms with E-state index >= 15 is 0 Å². The molecule has 0 unspecified atom stereocenters. The topological polar surface area (TPSA) is 78.4 Å². The van der Waals surface area contributed by atoms with Crippen molar-refractivity contribution in [3.8, 4) is 0 Å². The first kappa shape index (κ1) is 15.5. The summed E-state index contributed by atoms with van der Waals surface area (Å²) in [6.45, 7) is 4.38. The van der Waals surface area contributed by atoms with Gasteiger partial charge in [-0.1, -0.05) is 19.8 Å². The van der Waals surface area contributed by atoms with E-state index < -0.39 is 18.0 Å². The molecule has 1 aromatic heterocycles. The van der Waals surface area contributed by atoms with Crippen LogP contribution in [-0.4, -0.2) is 23.1 Å². The van der Waals surface area contributed by atoms with Crippen molar-refractivity contribution in [1.29, 1.82) is 0 Å². The molecular formula is C13H20N2O3S. The molecule has 0 fully saturated rings. The molecule has 0 spiro atoms. The van der Waals surface area contributed by atoms with Gasteiger partial charge in [-0.05, 0) is 35.2 Å². The van der Waals surface area contributed by atoms with Crippen LogP contribution in [0.2, 0.25) is 0 Å². The fourth-order valence-electron chi connectivity index (χ4n) is 1.62. The second kappa shape index (κ2) is 7.78. The molecule has 0 aromatic carbocycles. The fourth-order valence-corrected chi connectivity index (χ4v) is 2.48. The Balaban J connectivity index is 2.40. The van der Waals surface area contributed by atoms with Gasteiger partial charge in [-0.25, -0.2) is 9.59 Å². The van der Waals surface area contributed by atoms with Crippen LogP contribution in [0.25, 0.3) is 0 Å². The standard InChI is InChI=1S/C13H20N2O3S/c1-3-4-5-11(12(16)17)15-13(18)14-6-10-8-19-7-9(10)2/h7-8,11H,3-6H2,1-2H3,(H,16,17)(H2,14,15,18)/t11-/m0/s1. The van der Waals surface area contributed by atoms with Crippen molar-refractivity contribution in [3.63, 3.8) is 0 Å². The second-order valence-electron chi connectivity index (χ2n) is 4.44. The summed E-state index contributed by atoms with van der Waals surface area (Å²) in [4.78, 5) is 22.6. The summed E-state index contributed by atoms with van der Waals surface area (Å²) in [5.41, 5.74) is 2.19. The Kier molecular flexibility index (Phi) is 6.35. The Bertz CT molecular complexity index is 431. The van der Waals surface area contributed by atoms with E-state index in [2.05, 4.69) is 10.6 Å². The predicted octanol–water partition coefficient (Wildman–Crippen LogP) is 2.50. The molecule has 106 valence electrons. The molecule has 0 aliphatic heterocycles. The highest BCUT2D eigenvalue weighted by Gasteiger charge is 2.18. The van der Waals surface area contributed by atoms with Gasteiger partial charge in [0.2, 0.25) is 0 Å². The minimum atomic E-state index is -0.990. The highest BCUT2D eigenvalue weighted by atomic mass is 32.1. The monoisotopic (exact) mass is 284 g/mol. The third-order valence-corrected chi connectivity index (χ3v) is 3.76. The van der Waals surface area contributed by atoms with Crippen LogP contribution in [0.4, 0.5) is 4.79 Å². The van der Waals surface area contributed by atoms with Gasteiger partial charge in [0.15, 0.2) is 0 Å². The van der Waals surface area contributed by atoms with Crippen LogP contribution in [-0.2, 0) is 11.3 Å². The largest absolute Gasteiger partial charge is 0.480 e. The van der Waals surface area contributed by atoms with Gasteiger partial charge >= 0.3 is 12.0 Å². The van der Waals surface area contributed by atoms with E-state index in [4.69, 9.17) is 5.11 Å². The maximum atomic E-state index is 11.6. The lowest BCUT2D eigenvalue weighted by atomic mass is 10.1. The number of carbonyl (C=O) groups excluding carboxylic acids is 1. The second-order valence-corrected chi connectivity index (χ2v) is 5.18. The van der Waals surface area contributed by atoms with Crippen LogP contribution in [0, 0.1) is 6.92 Å². The lowest BCUT2D eigenvalue weighted by Gasteiger charge is -2.14. The lowest BCUT2D eigenvalue weighted by Crippen LogP contribution is -2.45. The van der Waals surface area contributed by atoms with Crippen LogP contribution < -0.4 is 10.6 Å². The molecule has 1 rings (SSSR count). The number of carboxylic acids is 1. The predicted molar refractivity (Wildman–Crippen MR) is 75.4 cm³/mol. The van der Waals surface area contributed by atoms with Crippen molar-refractivity contribution in [3.05, 3.63) is 21.9 Å². The number of carboxylic acid groups (broad SMARTS) is 1. The van der Waals surface area contributed by atoms with Crippen molar-refractivity contribution in [2.24, 2.45) is 0 Å². The molecular weight excluding hydrogens is 264 g/mol.